The van der Waals surface area contributed by atoms with Gasteiger partial charge in [0.05, 0.1) is 0 Å². The van der Waals surface area contributed by atoms with E-state index in [0.717, 1.165) is 5.82 Å². The largest absolute Gasteiger partial charge is 0.351 e. The van der Waals surface area contributed by atoms with Crippen molar-refractivity contribution in [3.8, 4) is 0 Å². The van der Waals surface area contributed by atoms with Crippen LogP contribution in [-0.4, -0.2) is 54.2 Å². The Morgan fingerprint density at radius 1 is 1.33 bits per heavy atom. The molecule has 6 heteroatoms. The maximum absolute atomic E-state index is 11.7. The fourth-order valence-electron chi connectivity index (χ4n) is 1.60. The molecule has 0 saturated heterocycles. The number of hydrogen-bond donors (Lipinski definition) is 1. The van der Waals surface area contributed by atoms with Crippen LogP contribution in [0.1, 0.15) is 24.3 Å². The second-order valence-electron chi connectivity index (χ2n) is 4.55. The summed E-state index contributed by atoms with van der Waals surface area (Å²) in [5.74, 6) is 0.592. The standard InChI is InChI=1S/C12H21N5O/c1-9(2)17(8-7-13)11-6-5-10(14-15-11)12(18)16(3)4/h5-6,9H,7-8,13H2,1-4H3. The van der Waals surface area contributed by atoms with E-state index in [1.165, 1.54) is 4.90 Å². The van der Waals surface area contributed by atoms with Crippen molar-refractivity contribution in [2.45, 2.75) is 19.9 Å². The summed E-state index contributed by atoms with van der Waals surface area (Å²) in [4.78, 5) is 15.2. The molecule has 100 valence electrons. The van der Waals surface area contributed by atoms with Crippen LogP contribution < -0.4 is 10.6 Å². The topological polar surface area (TPSA) is 75.3 Å². The van der Waals surface area contributed by atoms with E-state index in [-0.39, 0.29) is 5.91 Å². The third kappa shape index (κ3) is 3.40. The molecule has 0 spiro atoms. The third-order valence-electron chi connectivity index (χ3n) is 2.56. The molecule has 0 bridgehead atoms. The number of carbonyl (C=O) groups excluding carboxylic acids is 1. The summed E-state index contributed by atoms with van der Waals surface area (Å²) in [6, 6.07) is 3.79. The Bertz CT molecular complexity index is 388. The normalized spacial score (nSPS) is 10.6. The Morgan fingerprint density at radius 2 is 2.00 bits per heavy atom. The van der Waals surface area contributed by atoms with Crippen molar-refractivity contribution < 1.29 is 4.79 Å². The van der Waals surface area contributed by atoms with E-state index >= 15 is 0 Å². The first-order valence-electron chi connectivity index (χ1n) is 5.99. The lowest BCUT2D eigenvalue weighted by molar-refractivity contribution is 0.0821. The molecular formula is C12H21N5O. The molecule has 0 fully saturated rings. The minimum Gasteiger partial charge on any atom is -0.351 e. The summed E-state index contributed by atoms with van der Waals surface area (Å²) in [5, 5.41) is 8.06. The van der Waals surface area contributed by atoms with Crippen LogP contribution in [0.25, 0.3) is 0 Å². The van der Waals surface area contributed by atoms with Crippen LogP contribution in [0.4, 0.5) is 5.82 Å². The van der Waals surface area contributed by atoms with E-state index in [0.29, 0.717) is 24.8 Å². The van der Waals surface area contributed by atoms with Crippen LogP contribution >= 0.6 is 0 Å². The smallest absolute Gasteiger partial charge is 0.273 e. The molecule has 0 saturated carbocycles. The van der Waals surface area contributed by atoms with Gasteiger partial charge >= 0.3 is 0 Å². The molecule has 0 atom stereocenters. The van der Waals surface area contributed by atoms with Gasteiger partial charge in [0.2, 0.25) is 0 Å². The van der Waals surface area contributed by atoms with Crippen LogP contribution in [0.3, 0.4) is 0 Å². The summed E-state index contributed by atoms with van der Waals surface area (Å²) in [7, 11) is 3.37. The number of amides is 1. The van der Waals surface area contributed by atoms with E-state index < -0.39 is 0 Å². The molecule has 1 amide bonds. The Kier molecular flexibility index (Phi) is 5.03. The lowest BCUT2D eigenvalue weighted by Crippen LogP contribution is -2.36. The van der Waals surface area contributed by atoms with Crippen molar-refractivity contribution in [2.24, 2.45) is 5.73 Å². The first-order chi connectivity index (χ1) is 8.47. The summed E-state index contributed by atoms with van der Waals surface area (Å²) in [5.41, 5.74) is 5.92. The first-order valence-corrected chi connectivity index (χ1v) is 5.99. The fraction of sp³-hybridized carbons (Fsp3) is 0.583. The second-order valence-corrected chi connectivity index (χ2v) is 4.55. The number of nitrogens with zero attached hydrogens (tertiary/aromatic N) is 4. The summed E-state index contributed by atoms with van der Waals surface area (Å²) in [6.45, 7) is 5.40. The van der Waals surface area contributed by atoms with Gasteiger partial charge in [-0.25, -0.2) is 0 Å². The Labute approximate surface area is 108 Å². The van der Waals surface area contributed by atoms with E-state index in [1.54, 1.807) is 26.2 Å². The van der Waals surface area contributed by atoms with Crippen molar-refractivity contribution in [1.29, 1.82) is 0 Å². The van der Waals surface area contributed by atoms with Crippen LogP contribution in [-0.2, 0) is 0 Å². The van der Waals surface area contributed by atoms with E-state index in [9.17, 15) is 4.79 Å². The van der Waals surface area contributed by atoms with Gasteiger partial charge in [-0.3, -0.25) is 4.79 Å². The zero-order chi connectivity index (χ0) is 13.7. The van der Waals surface area contributed by atoms with Crippen LogP contribution in [0, 0.1) is 0 Å². The average Bonchev–Trinajstić information content (AvgIpc) is 2.35. The molecule has 18 heavy (non-hydrogen) atoms. The summed E-state index contributed by atoms with van der Waals surface area (Å²) < 4.78 is 0. The van der Waals surface area contributed by atoms with E-state index in [4.69, 9.17) is 5.73 Å². The molecular weight excluding hydrogens is 230 g/mol. The maximum Gasteiger partial charge on any atom is 0.273 e. The average molecular weight is 251 g/mol. The highest BCUT2D eigenvalue weighted by Crippen LogP contribution is 2.12. The minimum atomic E-state index is -0.149. The number of rotatable bonds is 5. The van der Waals surface area contributed by atoms with Crippen molar-refractivity contribution in [1.82, 2.24) is 15.1 Å². The number of anilines is 1. The van der Waals surface area contributed by atoms with E-state index in [2.05, 4.69) is 28.9 Å². The molecule has 0 unspecified atom stereocenters. The molecule has 1 aromatic heterocycles. The molecule has 0 aliphatic heterocycles. The zero-order valence-electron chi connectivity index (χ0n) is 11.4. The molecule has 6 nitrogen and oxygen atoms in total. The van der Waals surface area contributed by atoms with Gasteiger partial charge in [0.15, 0.2) is 11.5 Å². The van der Waals surface area contributed by atoms with Gasteiger partial charge in [-0.2, -0.15) is 0 Å². The number of aromatic nitrogens is 2. The predicted octanol–water partition coefficient (Wildman–Crippen LogP) is 0.352. The van der Waals surface area contributed by atoms with Gasteiger partial charge < -0.3 is 15.5 Å². The number of carbonyl (C=O) groups is 1. The quantitative estimate of drug-likeness (QED) is 0.817. The lowest BCUT2D eigenvalue weighted by Gasteiger charge is -2.26. The highest BCUT2D eigenvalue weighted by molar-refractivity contribution is 5.91. The second kappa shape index (κ2) is 6.30. The highest BCUT2D eigenvalue weighted by atomic mass is 16.2. The highest BCUT2D eigenvalue weighted by Gasteiger charge is 2.14. The van der Waals surface area contributed by atoms with Crippen molar-refractivity contribution in [3.05, 3.63) is 17.8 Å². The van der Waals surface area contributed by atoms with Gasteiger partial charge in [0.25, 0.3) is 5.91 Å². The van der Waals surface area contributed by atoms with Crippen molar-refractivity contribution in [2.75, 3.05) is 32.1 Å². The Hall–Kier alpha value is -1.69. The maximum atomic E-state index is 11.7. The van der Waals surface area contributed by atoms with Crippen LogP contribution in [0.2, 0.25) is 0 Å². The number of hydrogen-bond acceptors (Lipinski definition) is 5. The van der Waals surface area contributed by atoms with Gasteiger partial charge in [-0.15, -0.1) is 10.2 Å². The third-order valence-corrected chi connectivity index (χ3v) is 2.56. The molecule has 0 aliphatic carbocycles. The van der Waals surface area contributed by atoms with Crippen molar-refractivity contribution in [3.63, 3.8) is 0 Å². The predicted molar refractivity (Wildman–Crippen MR) is 71.6 cm³/mol. The van der Waals surface area contributed by atoms with Crippen LogP contribution in [0.5, 0.6) is 0 Å². The Morgan fingerprint density at radius 3 is 2.39 bits per heavy atom. The Balaban J connectivity index is 2.90. The van der Waals surface area contributed by atoms with Gasteiger partial charge in [0, 0.05) is 33.2 Å². The zero-order valence-corrected chi connectivity index (χ0v) is 11.4. The van der Waals surface area contributed by atoms with Crippen molar-refractivity contribution >= 4 is 11.7 Å². The van der Waals surface area contributed by atoms with Gasteiger partial charge in [-0.05, 0) is 26.0 Å². The molecule has 1 aromatic rings. The summed E-state index contributed by atoms with van der Waals surface area (Å²) in [6.07, 6.45) is 0. The first kappa shape index (κ1) is 14.4. The molecule has 2 N–H and O–H groups in total. The molecule has 0 radical (unpaired) electrons. The fourth-order valence-corrected chi connectivity index (χ4v) is 1.60. The van der Waals surface area contributed by atoms with E-state index in [1.807, 2.05) is 0 Å². The monoisotopic (exact) mass is 251 g/mol. The molecule has 1 heterocycles. The lowest BCUT2D eigenvalue weighted by atomic mass is 10.3. The van der Waals surface area contributed by atoms with Gasteiger partial charge in [-0.1, -0.05) is 0 Å². The summed E-state index contributed by atoms with van der Waals surface area (Å²) >= 11 is 0. The van der Waals surface area contributed by atoms with Gasteiger partial charge in [0.1, 0.15) is 0 Å². The minimum absolute atomic E-state index is 0.149. The van der Waals surface area contributed by atoms with Crippen LogP contribution in [0.15, 0.2) is 12.1 Å². The molecule has 1 rings (SSSR count). The molecule has 0 aromatic carbocycles. The number of nitrogens with two attached hydrogens (primary N) is 1. The SMILES string of the molecule is CC(C)N(CCN)c1ccc(C(=O)N(C)C)nn1. The molecule has 0 aliphatic rings.